The minimum atomic E-state index is -0.187. The summed E-state index contributed by atoms with van der Waals surface area (Å²) in [5.41, 5.74) is 3.00. The molecule has 0 aliphatic carbocycles. The van der Waals surface area contributed by atoms with Crippen molar-refractivity contribution in [2.24, 2.45) is 0 Å². The van der Waals surface area contributed by atoms with Crippen LogP contribution in [-0.2, 0) is 17.6 Å². The minimum absolute atomic E-state index is 0.0960. The number of hydrogen-bond donors (Lipinski definition) is 2. The van der Waals surface area contributed by atoms with E-state index in [1.807, 2.05) is 12.1 Å². The van der Waals surface area contributed by atoms with Crippen LogP contribution in [0.1, 0.15) is 22.8 Å². The van der Waals surface area contributed by atoms with Gasteiger partial charge >= 0.3 is 0 Å². The second-order valence-corrected chi connectivity index (χ2v) is 6.45. The topological polar surface area (TPSA) is 89.1 Å². The number of aromatic nitrogens is 3. The third kappa shape index (κ3) is 4.25. The van der Waals surface area contributed by atoms with Gasteiger partial charge in [0.1, 0.15) is 19.0 Å². The van der Waals surface area contributed by atoms with Crippen LogP contribution in [0.4, 0.5) is 5.69 Å². The van der Waals surface area contributed by atoms with E-state index in [4.69, 9.17) is 9.47 Å². The average Bonchev–Trinajstić information content (AvgIpc) is 3.08. The fourth-order valence-electron chi connectivity index (χ4n) is 2.98. The summed E-state index contributed by atoms with van der Waals surface area (Å²) in [7, 11) is 0. The number of carbonyl (C=O) groups is 1. The first-order chi connectivity index (χ1) is 13.2. The molecule has 7 heteroatoms. The van der Waals surface area contributed by atoms with Crippen LogP contribution in [0.15, 0.2) is 42.5 Å². The van der Waals surface area contributed by atoms with Crippen molar-refractivity contribution in [3.63, 3.8) is 0 Å². The molecule has 4 rings (SSSR count). The molecule has 1 amide bonds. The normalized spacial score (nSPS) is 12.6. The van der Waals surface area contributed by atoms with E-state index in [-0.39, 0.29) is 12.3 Å². The quantitative estimate of drug-likeness (QED) is 0.727. The zero-order chi connectivity index (χ0) is 18.6. The highest BCUT2D eigenvalue weighted by molar-refractivity contribution is 5.92. The standard InChI is InChI=1S/C20H20N4O3/c1-13-3-2-4-14(9-13)10-18-22-19(24-23-18)12-20(25)21-15-5-6-16-17(11-15)27-8-7-26-16/h2-6,9,11H,7-8,10,12H2,1H3,(H,21,25)(H,22,23,24). The molecule has 0 saturated heterocycles. The highest BCUT2D eigenvalue weighted by Crippen LogP contribution is 2.32. The Kier molecular flexibility index (Phi) is 4.74. The van der Waals surface area contributed by atoms with Crippen molar-refractivity contribution in [3.05, 3.63) is 65.2 Å². The number of amides is 1. The van der Waals surface area contributed by atoms with Gasteiger partial charge < -0.3 is 14.8 Å². The zero-order valence-corrected chi connectivity index (χ0v) is 15.0. The lowest BCUT2D eigenvalue weighted by Crippen LogP contribution is -2.17. The molecule has 7 nitrogen and oxygen atoms in total. The first-order valence-corrected chi connectivity index (χ1v) is 8.81. The maximum atomic E-state index is 12.3. The summed E-state index contributed by atoms with van der Waals surface area (Å²) in [5, 5.41) is 9.89. The number of carbonyl (C=O) groups excluding carboxylic acids is 1. The number of ether oxygens (including phenoxy) is 2. The fraction of sp³-hybridized carbons (Fsp3) is 0.250. The predicted octanol–water partition coefficient (Wildman–Crippen LogP) is 2.66. The fourth-order valence-corrected chi connectivity index (χ4v) is 2.98. The molecule has 0 saturated carbocycles. The Morgan fingerprint density at radius 3 is 2.85 bits per heavy atom. The maximum Gasteiger partial charge on any atom is 0.232 e. The molecule has 1 aromatic heterocycles. The predicted molar refractivity (Wildman–Crippen MR) is 100 cm³/mol. The summed E-state index contributed by atoms with van der Waals surface area (Å²) in [5.74, 6) is 2.34. The molecule has 0 atom stereocenters. The van der Waals surface area contributed by atoms with Crippen LogP contribution >= 0.6 is 0 Å². The van der Waals surface area contributed by atoms with E-state index < -0.39 is 0 Å². The van der Waals surface area contributed by atoms with Crippen LogP contribution in [-0.4, -0.2) is 34.3 Å². The number of aryl methyl sites for hydroxylation is 1. The van der Waals surface area contributed by atoms with E-state index in [0.717, 1.165) is 11.4 Å². The van der Waals surface area contributed by atoms with Crippen molar-refractivity contribution in [2.45, 2.75) is 19.8 Å². The van der Waals surface area contributed by atoms with Crippen molar-refractivity contribution >= 4 is 11.6 Å². The van der Waals surface area contributed by atoms with E-state index in [1.165, 1.54) is 5.56 Å². The van der Waals surface area contributed by atoms with Crippen molar-refractivity contribution in [3.8, 4) is 11.5 Å². The van der Waals surface area contributed by atoms with Crippen LogP contribution in [0, 0.1) is 6.92 Å². The first kappa shape index (κ1) is 17.1. The number of nitrogens with zero attached hydrogens (tertiary/aromatic N) is 2. The lowest BCUT2D eigenvalue weighted by atomic mass is 10.1. The highest BCUT2D eigenvalue weighted by Gasteiger charge is 2.14. The van der Waals surface area contributed by atoms with E-state index in [0.29, 0.717) is 42.6 Å². The molecule has 2 heterocycles. The number of nitrogens with one attached hydrogen (secondary N) is 2. The molecule has 27 heavy (non-hydrogen) atoms. The molecule has 0 fully saturated rings. The van der Waals surface area contributed by atoms with Crippen LogP contribution in [0.2, 0.25) is 0 Å². The van der Waals surface area contributed by atoms with Crippen molar-refractivity contribution in [2.75, 3.05) is 18.5 Å². The zero-order valence-electron chi connectivity index (χ0n) is 15.0. The van der Waals surface area contributed by atoms with E-state index in [1.54, 1.807) is 18.2 Å². The van der Waals surface area contributed by atoms with Gasteiger partial charge in [0.25, 0.3) is 0 Å². The van der Waals surface area contributed by atoms with Crippen molar-refractivity contribution in [1.29, 1.82) is 0 Å². The van der Waals surface area contributed by atoms with E-state index in [2.05, 4.69) is 39.6 Å². The molecule has 0 unspecified atom stereocenters. The Balaban J connectivity index is 1.36. The molecule has 0 spiro atoms. The van der Waals surface area contributed by atoms with E-state index >= 15 is 0 Å². The molecule has 1 aliphatic rings. The molecule has 3 aromatic rings. The van der Waals surface area contributed by atoms with Crippen LogP contribution in [0.3, 0.4) is 0 Å². The summed E-state index contributed by atoms with van der Waals surface area (Å²) in [6.45, 7) is 3.09. The summed E-state index contributed by atoms with van der Waals surface area (Å²) in [4.78, 5) is 16.7. The molecule has 2 N–H and O–H groups in total. The number of aromatic amines is 1. The molecular formula is C20H20N4O3. The third-order valence-corrected chi connectivity index (χ3v) is 4.18. The summed E-state index contributed by atoms with van der Waals surface area (Å²) >= 11 is 0. The van der Waals surface area contributed by atoms with Crippen LogP contribution in [0.25, 0.3) is 0 Å². The van der Waals surface area contributed by atoms with Gasteiger partial charge in [-0.15, -0.1) is 0 Å². The van der Waals surface area contributed by atoms with Crippen molar-refractivity contribution < 1.29 is 14.3 Å². The Morgan fingerprint density at radius 1 is 1.15 bits per heavy atom. The Hall–Kier alpha value is -3.35. The van der Waals surface area contributed by atoms with Crippen molar-refractivity contribution in [1.82, 2.24) is 15.2 Å². The molecule has 2 aromatic carbocycles. The molecular weight excluding hydrogens is 344 g/mol. The second kappa shape index (κ2) is 7.49. The molecule has 138 valence electrons. The Labute approximate surface area is 156 Å². The van der Waals surface area contributed by atoms with Crippen LogP contribution in [0.5, 0.6) is 11.5 Å². The number of rotatable bonds is 5. The van der Waals surface area contributed by atoms with Gasteiger partial charge in [-0.1, -0.05) is 29.8 Å². The smallest absolute Gasteiger partial charge is 0.232 e. The number of H-pyrrole nitrogens is 1. The van der Waals surface area contributed by atoms with Gasteiger partial charge in [0.2, 0.25) is 5.91 Å². The Bertz CT molecular complexity index is 967. The summed E-state index contributed by atoms with van der Waals surface area (Å²) < 4.78 is 11.0. The molecule has 1 aliphatic heterocycles. The van der Waals surface area contributed by atoms with Gasteiger partial charge in [0.05, 0.1) is 6.42 Å². The number of benzene rings is 2. The monoisotopic (exact) mass is 364 g/mol. The average molecular weight is 364 g/mol. The second-order valence-electron chi connectivity index (χ2n) is 6.45. The third-order valence-electron chi connectivity index (χ3n) is 4.18. The number of hydrogen-bond acceptors (Lipinski definition) is 5. The number of fused-ring (bicyclic) bond motifs is 1. The van der Waals surface area contributed by atoms with Gasteiger partial charge in [-0.25, -0.2) is 4.98 Å². The van der Waals surface area contributed by atoms with Gasteiger partial charge in [0.15, 0.2) is 17.3 Å². The van der Waals surface area contributed by atoms with Gasteiger partial charge in [0, 0.05) is 18.2 Å². The Morgan fingerprint density at radius 2 is 2.00 bits per heavy atom. The van der Waals surface area contributed by atoms with E-state index in [9.17, 15) is 4.79 Å². The summed E-state index contributed by atoms with van der Waals surface area (Å²) in [6, 6.07) is 13.6. The maximum absolute atomic E-state index is 12.3. The van der Waals surface area contributed by atoms with Crippen LogP contribution < -0.4 is 14.8 Å². The molecule has 0 radical (unpaired) electrons. The van der Waals surface area contributed by atoms with Gasteiger partial charge in [-0.3, -0.25) is 9.89 Å². The lowest BCUT2D eigenvalue weighted by molar-refractivity contribution is -0.115. The number of anilines is 1. The largest absolute Gasteiger partial charge is 0.486 e. The van der Waals surface area contributed by atoms with Gasteiger partial charge in [-0.05, 0) is 24.6 Å². The summed E-state index contributed by atoms with van der Waals surface area (Å²) in [6.07, 6.45) is 0.747. The first-order valence-electron chi connectivity index (χ1n) is 8.81. The SMILES string of the molecule is Cc1cccc(Cc2nc(CC(=O)Nc3ccc4c(c3)OCCO4)n[nH]2)c1. The lowest BCUT2D eigenvalue weighted by Gasteiger charge is -2.18. The minimum Gasteiger partial charge on any atom is -0.486 e. The molecule has 0 bridgehead atoms. The highest BCUT2D eigenvalue weighted by atomic mass is 16.6. The van der Waals surface area contributed by atoms with Gasteiger partial charge in [-0.2, -0.15) is 5.10 Å².